The Kier molecular flexibility index (Phi) is 6.41. The third-order valence-electron chi connectivity index (χ3n) is 5.66. The number of anilines is 1. The van der Waals surface area contributed by atoms with Gasteiger partial charge in [0.05, 0.1) is 17.2 Å². The van der Waals surface area contributed by atoms with Gasteiger partial charge in [-0.15, -0.1) is 0 Å². The van der Waals surface area contributed by atoms with Crippen molar-refractivity contribution in [3.8, 4) is 0 Å². The Bertz CT molecular complexity index is 1530. The summed E-state index contributed by atoms with van der Waals surface area (Å²) in [5.74, 6) is -0.119. The maximum atomic E-state index is 13.2. The van der Waals surface area contributed by atoms with Gasteiger partial charge in [-0.2, -0.15) is 9.78 Å². The Balaban J connectivity index is 1.47. The molecule has 0 radical (unpaired) electrons. The lowest BCUT2D eigenvalue weighted by Crippen LogP contribution is -2.25. The molecule has 2 heterocycles. The smallest absolute Gasteiger partial charge is 0.257 e. The molecule has 0 aliphatic carbocycles. The largest absolute Gasteiger partial charge is 0.383 e. The van der Waals surface area contributed by atoms with Gasteiger partial charge in [-0.05, 0) is 48.2 Å². The first-order valence-corrected chi connectivity index (χ1v) is 11.7. The van der Waals surface area contributed by atoms with Crippen LogP contribution in [0.15, 0.2) is 84.0 Å². The lowest BCUT2D eigenvalue weighted by atomic mass is 10.1. The van der Waals surface area contributed by atoms with Crippen LogP contribution in [0.4, 0.5) is 5.82 Å². The zero-order chi connectivity index (χ0) is 24.2. The summed E-state index contributed by atoms with van der Waals surface area (Å²) in [7, 11) is 0. The fraction of sp³-hybridized carbons (Fsp3) is 0.111. The summed E-state index contributed by atoms with van der Waals surface area (Å²) in [6.07, 6.45) is 3.32. The van der Waals surface area contributed by atoms with Crippen molar-refractivity contribution in [2.45, 2.75) is 12.8 Å². The second-order valence-corrected chi connectivity index (χ2v) is 8.53. The molecule has 5 aromatic rings. The zero-order valence-electron chi connectivity index (χ0n) is 18.9. The maximum Gasteiger partial charge on any atom is 0.257 e. The molecule has 174 valence electrons. The van der Waals surface area contributed by atoms with Crippen LogP contribution in [0.2, 0.25) is 5.02 Å². The van der Waals surface area contributed by atoms with Gasteiger partial charge in [-0.1, -0.05) is 66.2 Å². The highest BCUT2D eigenvalue weighted by molar-refractivity contribution is 6.30. The minimum Gasteiger partial charge on any atom is -0.383 e. The molecular weight excluding hydrogens is 460 g/mol. The summed E-state index contributed by atoms with van der Waals surface area (Å²) in [5.41, 5.74) is 11.0. The second-order valence-electron chi connectivity index (χ2n) is 8.10. The van der Waals surface area contributed by atoms with Crippen LogP contribution in [0.1, 0.15) is 27.9 Å². The number of benzene rings is 3. The first kappa shape index (κ1) is 22.6. The first-order valence-electron chi connectivity index (χ1n) is 11.3. The van der Waals surface area contributed by atoms with Gasteiger partial charge >= 0.3 is 0 Å². The van der Waals surface area contributed by atoms with Gasteiger partial charge in [-0.25, -0.2) is 9.97 Å². The van der Waals surface area contributed by atoms with Crippen molar-refractivity contribution in [3.05, 3.63) is 101 Å². The molecule has 5 rings (SSSR count). The van der Waals surface area contributed by atoms with E-state index in [2.05, 4.69) is 22.6 Å². The number of amides is 1. The van der Waals surface area contributed by atoms with Gasteiger partial charge in [0.1, 0.15) is 16.9 Å². The Morgan fingerprint density at radius 3 is 2.40 bits per heavy atom. The second kappa shape index (κ2) is 9.95. The van der Waals surface area contributed by atoms with Gasteiger partial charge in [0.15, 0.2) is 5.65 Å². The highest BCUT2D eigenvalue weighted by Crippen LogP contribution is 2.28. The molecule has 8 heteroatoms. The molecule has 0 aliphatic rings. The number of aromatic nitrogens is 3. The summed E-state index contributed by atoms with van der Waals surface area (Å²) in [6, 6.07) is 24.9. The van der Waals surface area contributed by atoms with E-state index in [9.17, 15) is 4.79 Å². The number of rotatable bonds is 7. The number of carbonyl (C=O) groups excluding carboxylic acids is 1. The topological polar surface area (TPSA) is 98.2 Å². The van der Waals surface area contributed by atoms with Gasteiger partial charge in [0, 0.05) is 11.6 Å². The lowest BCUT2D eigenvalue weighted by Gasteiger charge is -2.06. The fourth-order valence-corrected chi connectivity index (χ4v) is 4.01. The van der Waals surface area contributed by atoms with Crippen LogP contribution in [0.3, 0.4) is 0 Å². The first-order chi connectivity index (χ1) is 17.1. The summed E-state index contributed by atoms with van der Waals surface area (Å²) >= 11 is 5.98. The number of nitrogens with one attached hydrogen (secondary N) is 1. The zero-order valence-corrected chi connectivity index (χ0v) is 19.6. The van der Waals surface area contributed by atoms with E-state index in [1.54, 1.807) is 18.3 Å². The van der Waals surface area contributed by atoms with Crippen LogP contribution in [-0.4, -0.2) is 33.3 Å². The number of nitrogens with zero attached hydrogens (tertiary/aromatic N) is 4. The fourth-order valence-electron chi connectivity index (χ4n) is 3.89. The van der Waals surface area contributed by atoms with Crippen LogP contribution in [0.5, 0.6) is 0 Å². The number of hydrogen-bond acceptors (Lipinski definition) is 5. The summed E-state index contributed by atoms with van der Waals surface area (Å²) in [6.45, 7) is 0.509. The van der Waals surface area contributed by atoms with E-state index in [1.165, 1.54) is 10.2 Å². The van der Waals surface area contributed by atoms with Crippen LogP contribution in [-0.2, 0) is 6.42 Å². The molecule has 0 saturated carbocycles. The molecule has 0 spiro atoms. The molecule has 0 atom stereocenters. The standard InChI is InChI=1S/C27H23ClN6O/c28-20-14-12-19(13-15-20)17-31-34-25(29)23(24-26(34)33-22-11-5-4-10-21(22)32-24)27(35)30-16-6-9-18-7-2-1-3-8-18/h1-5,7-8,10-15,17H,6,9,16,29H2,(H,30,35)/b31-17-. The normalized spacial score (nSPS) is 11.5. The third-order valence-corrected chi connectivity index (χ3v) is 5.92. The summed E-state index contributed by atoms with van der Waals surface area (Å²) in [4.78, 5) is 22.6. The van der Waals surface area contributed by atoms with Gasteiger partial charge in [0.25, 0.3) is 5.91 Å². The molecule has 0 saturated heterocycles. The SMILES string of the molecule is Nc1c(C(=O)NCCCc2ccccc2)c2nc3ccccc3nc2n1/N=C\c1ccc(Cl)cc1. The van der Waals surface area contributed by atoms with Crippen molar-refractivity contribution >= 4 is 51.7 Å². The summed E-state index contributed by atoms with van der Waals surface area (Å²) < 4.78 is 1.46. The molecule has 0 aliphatic heterocycles. The van der Waals surface area contributed by atoms with Crippen molar-refractivity contribution in [2.24, 2.45) is 5.10 Å². The Hall–Kier alpha value is -4.23. The number of fused-ring (bicyclic) bond motifs is 2. The number of para-hydroxylation sites is 2. The van der Waals surface area contributed by atoms with Crippen LogP contribution in [0.25, 0.3) is 22.2 Å². The van der Waals surface area contributed by atoms with Crippen molar-refractivity contribution in [3.63, 3.8) is 0 Å². The molecule has 2 aromatic heterocycles. The molecule has 1 amide bonds. The number of carbonyl (C=O) groups is 1. The van der Waals surface area contributed by atoms with E-state index in [1.807, 2.05) is 54.6 Å². The molecular formula is C27H23ClN6O. The quantitative estimate of drug-likeness (QED) is 0.250. The minimum absolute atomic E-state index is 0.182. The van der Waals surface area contributed by atoms with Crippen molar-refractivity contribution in [1.82, 2.24) is 20.0 Å². The monoisotopic (exact) mass is 482 g/mol. The van der Waals surface area contributed by atoms with E-state index in [0.29, 0.717) is 33.8 Å². The average molecular weight is 483 g/mol. The minimum atomic E-state index is -0.300. The average Bonchev–Trinajstić information content (AvgIpc) is 3.15. The predicted molar refractivity (Wildman–Crippen MR) is 141 cm³/mol. The van der Waals surface area contributed by atoms with E-state index in [-0.39, 0.29) is 17.3 Å². The highest BCUT2D eigenvalue weighted by atomic mass is 35.5. The lowest BCUT2D eigenvalue weighted by molar-refractivity contribution is 0.0955. The van der Waals surface area contributed by atoms with Crippen LogP contribution >= 0.6 is 11.6 Å². The van der Waals surface area contributed by atoms with Crippen molar-refractivity contribution < 1.29 is 4.79 Å². The molecule has 3 N–H and O–H groups in total. The van der Waals surface area contributed by atoms with E-state index in [0.717, 1.165) is 18.4 Å². The molecule has 7 nitrogen and oxygen atoms in total. The Morgan fingerprint density at radius 2 is 1.66 bits per heavy atom. The molecule has 35 heavy (non-hydrogen) atoms. The van der Waals surface area contributed by atoms with E-state index in [4.69, 9.17) is 27.3 Å². The van der Waals surface area contributed by atoms with E-state index >= 15 is 0 Å². The summed E-state index contributed by atoms with van der Waals surface area (Å²) in [5, 5.41) is 8.13. The number of nitrogens with two attached hydrogens (primary N) is 1. The van der Waals surface area contributed by atoms with Crippen molar-refractivity contribution in [1.29, 1.82) is 0 Å². The molecule has 0 unspecified atom stereocenters. The van der Waals surface area contributed by atoms with Crippen LogP contribution in [0, 0.1) is 0 Å². The Labute approximate surface area is 207 Å². The number of nitrogen functional groups attached to an aromatic ring is 1. The Morgan fingerprint density at radius 1 is 0.971 bits per heavy atom. The highest BCUT2D eigenvalue weighted by Gasteiger charge is 2.23. The predicted octanol–water partition coefficient (Wildman–Crippen LogP) is 5.06. The van der Waals surface area contributed by atoms with Gasteiger partial charge in [0.2, 0.25) is 0 Å². The maximum absolute atomic E-state index is 13.2. The molecule has 0 fully saturated rings. The molecule has 3 aromatic carbocycles. The van der Waals surface area contributed by atoms with Gasteiger partial charge in [-0.3, -0.25) is 4.79 Å². The number of hydrogen-bond donors (Lipinski definition) is 2. The number of halogens is 1. The van der Waals surface area contributed by atoms with Crippen molar-refractivity contribution in [2.75, 3.05) is 12.3 Å². The van der Waals surface area contributed by atoms with Crippen LogP contribution < -0.4 is 11.1 Å². The third kappa shape index (κ3) is 4.85. The molecule has 0 bridgehead atoms. The number of aryl methyl sites for hydroxylation is 1. The van der Waals surface area contributed by atoms with E-state index < -0.39 is 0 Å². The van der Waals surface area contributed by atoms with Gasteiger partial charge < -0.3 is 11.1 Å².